The van der Waals surface area contributed by atoms with Gasteiger partial charge in [-0.25, -0.2) is 0 Å². The van der Waals surface area contributed by atoms with E-state index < -0.39 is 0 Å². The number of carbonyl (C=O) groups is 1. The first kappa shape index (κ1) is 15.3. The minimum Gasteiger partial charge on any atom is -0.393 e. The van der Waals surface area contributed by atoms with Crippen molar-refractivity contribution in [3.05, 3.63) is 30.3 Å². The number of benzene rings is 1. The second-order valence-corrected chi connectivity index (χ2v) is 6.73. The molecular formula is C15H20N2OS2. The number of hydrogen-bond donors (Lipinski definition) is 1. The number of thioether (sulfide) groups is 1. The van der Waals surface area contributed by atoms with Crippen molar-refractivity contribution < 1.29 is 4.79 Å². The fourth-order valence-corrected chi connectivity index (χ4v) is 3.66. The lowest BCUT2D eigenvalue weighted by molar-refractivity contribution is -0.118. The summed E-state index contributed by atoms with van der Waals surface area (Å²) in [5.41, 5.74) is 6.52. The van der Waals surface area contributed by atoms with E-state index in [1.807, 2.05) is 35.2 Å². The van der Waals surface area contributed by atoms with Crippen LogP contribution in [0.15, 0.2) is 30.3 Å². The summed E-state index contributed by atoms with van der Waals surface area (Å²) in [5, 5.41) is 0.0790. The third kappa shape index (κ3) is 4.21. The molecule has 3 nitrogen and oxygen atoms in total. The lowest BCUT2D eigenvalue weighted by Crippen LogP contribution is -2.40. The third-order valence-electron chi connectivity index (χ3n) is 3.37. The van der Waals surface area contributed by atoms with Crippen LogP contribution in [0.4, 0.5) is 5.69 Å². The third-order valence-corrected chi connectivity index (χ3v) is 4.94. The maximum absolute atomic E-state index is 12.7. The molecule has 1 atom stereocenters. The van der Waals surface area contributed by atoms with E-state index in [0.717, 1.165) is 24.3 Å². The molecule has 0 aromatic heterocycles. The second kappa shape index (κ2) is 7.64. The van der Waals surface area contributed by atoms with Gasteiger partial charge in [-0.05, 0) is 30.7 Å². The first-order valence-corrected chi connectivity index (χ1v) is 8.40. The van der Waals surface area contributed by atoms with E-state index >= 15 is 0 Å². The standard InChI is InChI=1S/C15H20N2OS2/c16-14(19)9-10-17(12-6-2-1-3-7-12)15(18)13-8-4-5-11-20-13/h1-3,6-7,13H,4-5,8-11H2,(H2,16,19). The Balaban J connectivity index is 2.12. The van der Waals surface area contributed by atoms with Gasteiger partial charge in [0.15, 0.2) is 0 Å². The van der Waals surface area contributed by atoms with Crippen LogP contribution in [0.1, 0.15) is 25.7 Å². The van der Waals surface area contributed by atoms with Crippen molar-refractivity contribution in [2.24, 2.45) is 5.73 Å². The Morgan fingerprint density at radius 2 is 2.10 bits per heavy atom. The maximum Gasteiger partial charge on any atom is 0.240 e. The van der Waals surface area contributed by atoms with E-state index in [0.29, 0.717) is 18.0 Å². The summed E-state index contributed by atoms with van der Waals surface area (Å²) in [6.45, 7) is 0.565. The van der Waals surface area contributed by atoms with Gasteiger partial charge in [0.1, 0.15) is 0 Å². The maximum atomic E-state index is 12.7. The molecule has 1 aliphatic rings. The number of para-hydroxylation sites is 1. The van der Waals surface area contributed by atoms with Gasteiger partial charge in [0.25, 0.3) is 0 Å². The van der Waals surface area contributed by atoms with Crippen molar-refractivity contribution >= 4 is 40.6 Å². The summed E-state index contributed by atoms with van der Waals surface area (Å²) in [6, 6.07) is 9.78. The van der Waals surface area contributed by atoms with Crippen LogP contribution in [-0.4, -0.2) is 28.4 Å². The van der Waals surface area contributed by atoms with E-state index in [1.165, 1.54) is 6.42 Å². The van der Waals surface area contributed by atoms with Gasteiger partial charge in [-0.2, -0.15) is 0 Å². The largest absolute Gasteiger partial charge is 0.393 e. The molecular weight excluding hydrogens is 288 g/mol. The zero-order valence-corrected chi connectivity index (χ0v) is 13.1. The van der Waals surface area contributed by atoms with Crippen LogP contribution >= 0.6 is 24.0 Å². The molecule has 1 fully saturated rings. The van der Waals surface area contributed by atoms with Crippen LogP contribution in [0.3, 0.4) is 0 Å². The van der Waals surface area contributed by atoms with E-state index in [9.17, 15) is 4.79 Å². The Hall–Kier alpha value is -1.07. The predicted molar refractivity (Wildman–Crippen MR) is 90.3 cm³/mol. The van der Waals surface area contributed by atoms with Gasteiger partial charge in [0.05, 0.1) is 10.2 Å². The number of thiocarbonyl (C=S) groups is 1. The van der Waals surface area contributed by atoms with Crippen molar-refractivity contribution in [3.63, 3.8) is 0 Å². The molecule has 0 aliphatic carbocycles. The topological polar surface area (TPSA) is 46.3 Å². The molecule has 1 aromatic rings. The van der Waals surface area contributed by atoms with Crippen molar-refractivity contribution in [3.8, 4) is 0 Å². The van der Waals surface area contributed by atoms with Crippen LogP contribution in [-0.2, 0) is 4.79 Å². The van der Waals surface area contributed by atoms with Crippen molar-refractivity contribution in [2.75, 3.05) is 17.2 Å². The molecule has 0 bridgehead atoms. The minimum atomic E-state index is 0.0790. The van der Waals surface area contributed by atoms with E-state index in [1.54, 1.807) is 11.8 Å². The van der Waals surface area contributed by atoms with E-state index in [4.69, 9.17) is 18.0 Å². The Kier molecular flexibility index (Phi) is 5.86. The Morgan fingerprint density at radius 3 is 2.70 bits per heavy atom. The van der Waals surface area contributed by atoms with Crippen molar-refractivity contribution in [1.29, 1.82) is 0 Å². The average molecular weight is 308 g/mol. The zero-order valence-electron chi connectivity index (χ0n) is 11.5. The fraction of sp³-hybridized carbons (Fsp3) is 0.467. The number of hydrogen-bond acceptors (Lipinski definition) is 3. The first-order valence-electron chi connectivity index (χ1n) is 6.95. The minimum absolute atomic E-state index is 0.0790. The van der Waals surface area contributed by atoms with E-state index in [-0.39, 0.29) is 11.2 Å². The molecule has 0 radical (unpaired) electrons. The van der Waals surface area contributed by atoms with Crippen molar-refractivity contribution in [2.45, 2.75) is 30.9 Å². The number of rotatable bonds is 5. The van der Waals surface area contributed by atoms with Crippen molar-refractivity contribution in [1.82, 2.24) is 0 Å². The van der Waals surface area contributed by atoms with Crippen LogP contribution in [0.25, 0.3) is 0 Å². The van der Waals surface area contributed by atoms with Crippen LogP contribution in [0.5, 0.6) is 0 Å². The molecule has 1 unspecified atom stereocenters. The highest BCUT2D eigenvalue weighted by Gasteiger charge is 2.27. The fourth-order valence-electron chi connectivity index (χ4n) is 2.31. The number of carbonyl (C=O) groups excluding carboxylic acids is 1. The summed E-state index contributed by atoms with van der Waals surface area (Å²) >= 11 is 6.71. The smallest absolute Gasteiger partial charge is 0.240 e. The zero-order chi connectivity index (χ0) is 14.4. The van der Waals surface area contributed by atoms with Gasteiger partial charge in [-0.3, -0.25) is 4.79 Å². The summed E-state index contributed by atoms with van der Waals surface area (Å²) in [4.78, 5) is 15.0. The monoisotopic (exact) mass is 308 g/mol. The highest BCUT2D eigenvalue weighted by molar-refractivity contribution is 8.00. The molecule has 1 aromatic carbocycles. The average Bonchev–Trinajstić information content (AvgIpc) is 2.49. The molecule has 1 aliphatic heterocycles. The van der Waals surface area contributed by atoms with Gasteiger partial charge in [0.2, 0.25) is 5.91 Å². The van der Waals surface area contributed by atoms with E-state index in [2.05, 4.69) is 0 Å². The Morgan fingerprint density at radius 1 is 1.35 bits per heavy atom. The first-order chi connectivity index (χ1) is 9.68. The summed E-state index contributed by atoms with van der Waals surface area (Å²) < 4.78 is 0. The molecule has 1 amide bonds. The van der Waals surface area contributed by atoms with Gasteiger partial charge in [0, 0.05) is 18.7 Å². The van der Waals surface area contributed by atoms with Gasteiger partial charge >= 0.3 is 0 Å². The van der Waals surface area contributed by atoms with Gasteiger partial charge in [-0.15, -0.1) is 11.8 Å². The highest BCUT2D eigenvalue weighted by Crippen LogP contribution is 2.28. The number of anilines is 1. The van der Waals surface area contributed by atoms with Gasteiger partial charge < -0.3 is 10.6 Å². The molecule has 1 saturated heterocycles. The molecule has 5 heteroatoms. The SMILES string of the molecule is NC(=S)CCN(C(=O)C1CCCCS1)c1ccccc1. The van der Waals surface area contributed by atoms with Gasteiger partial charge in [-0.1, -0.05) is 36.8 Å². The molecule has 0 spiro atoms. The normalized spacial score (nSPS) is 18.5. The predicted octanol–water partition coefficient (Wildman–Crippen LogP) is 2.98. The molecule has 20 heavy (non-hydrogen) atoms. The number of nitrogens with two attached hydrogens (primary N) is 1. The van der Waals surface area contributed by atoms with Crippen LogP contribution in [0.2, 0.25) is 0 Å². The quantitative estimate of drug-likeness (QED) is 0.850. The number of nitrogens with zero attached hydrogens (tertiary/aromatic N) is 1. The molecule has 2 rings (SSSR count). The summed E-state index contributed by atoms with van der Waals surface area (Å²) in [5.74, 6) is 1.27. The highest BCUT2D eigenvalue weighted by atomic mass is 32.2. The number of amides is 1. The molecule has 108 valence electrons. The Labute approximate surface area is 129 Å². The lowest BCUT2D eigenvalue weighted by Gasteiger charge is -2.29. The molecule has 0 saturated carbocycles. The second-order valence-electron chi connectivity index (χ2n) is 4.90. The van der Waals surface area contributed by atoms with Crippen LogP contribution < -0.4 is 10.6 Å². The lowest BCUT2D eigenvalue weighted by atomic mass is 10.1. The Bertz CT molecular complexity index is 458. The van der Waals surface area contributed by atoms with Crippen LogP contribution in [0, 0.1) is 0 Å². The molecule has 2 N–H and O–H groups in total. The summed E-state index contributed by atoms with van der Waals surface area (Å²) in [6.07, 6.45) is 3.89. The summed E-state index contributed by atoms with van der Waals surface area (Å²) in [7, 11) is 0. The molecule has 1 heterocycles.